The number of rotatable bonds is 2. The average molecular weight is 379 g/mol. The molecule has 0 bridgehead atoms. The quantitative estimate of drug-likeness (QED) is 0.544. The van der Waals surface area contributed by atoms with Crippen LogP contribution in [0.3, 0.4) is 0 Å². The number of aryl methyl sites for hydroxylation is 1. The summed E-state index contributed by atoms with van der Waals surface area (Å²) in [6.45, 7) is 1.81. The molecule has 0 aliphatic rings. The maximum Gasteiger partial charge on any atom is 0.260 e. The fraction of sp³-hybridized carbons (Fsp3) is 0.0769. The predicted octanol–water partition coefficient (Wildman–Crippen LogP) is 2.69. The monoisotopic (exact) mass is 379 g/mol. The van der Waals surface area contributed by atoms with Crippen molar-refractivity contribution in [1.82, 2.24) is 20.1 Å². The number of benzene rings is 1. The highest BCUT2D eigenvalue weighted by Gasteiger charge is 2.14. The minimum absolute atomic E-state index is 0.382. The van der Waals surface area contributed by atoms with Crippen LogP contribution in [0, 0.1) is 10.5 Å². The van der Waals surface area contributed by atoms with Crippen LogP contribution in [-0.4, -0.2) is 20.1 Å². The fourth-order valence-corrected chi connectivity index (χ4v) is 2.22. The molecular weight excluding hydrogens is 369 g/mol. The fourth-order valence-electron chi connectivity index (χ4n) is 1.73. The van der Waals surface area contributed by atoms with E-state index in [2.05, 4.69) is 42.7 Å². The molecule has 2 heterocycles. The minimum Gasteiger partial charge on any atom is -0.398 e. The first-order chi connectivity index (χ1) is 9.63. The van der Waals surface area contributed by atoms with E-state index in [4.69, 9.17) is 10.3 Å². The third-order valence-corrected chi connectivity index (χ3v) is 3.35. The number of nitrogen functional groups attached to an aromatic ring is 1. The van der Waals surface area contributed by atoms with Crippen LogP contribution in [0.4, 0.5) is 5.69 Å². The molecule has 6 nitrogen and oxygen atoms in total. The largest absolute Gasteiger partial charge is 0.398 e. The zero-order valence-corrected chi connectivity index (χ0v) is 12.7. The van der Waals surface area contributed by atoms with E-state index >= 15 is 0 Å². The highest BCUT2D eigenvalue weighted by atomic mass is 127. The van der Waals surface area contributed by atoms with Crippen molar-refractivity contribution >= 4 is 28.3 Å². The molecule has 2 N–H and O–H groups in total. The Balaban J connectivity index is 2.04. The van der Waals surface area contributed by atoms with Gasteiger partial charge in [-0.2, -0.15) is 4.98 Å². The predicted molar refractivity (Wildman–Crippen MR) is 82.6 cm³/mol. The number of nitrogens with zero attached hydrogens (tertiary/aromatic N) is 4. The molecule has 100 valence electrons. The molecule has 2 aromatic heterocycles. The van der Waals surface area contributed by atoms with Crippen LogP contribution in [-0.2, 0) is 0 Å². The molecule has 20 heavy (non-hydrogen) atoms. The van der Waals surface area contributed by atoms with Gasteiger partial charge >= 0.3 is 0 Å². The lowest BCUT2D eigenvalue weighted by atomic mass is 10.2. The zero-order chi connectivity index (χ0) is 14.1. The van der Waals surface area contributed by atoms with E-state index in [-0.39, 0.29) is 0 Å². The van der Waals surface area contributed by atoms with E-state index in [1.54, 1.807) is 12.3 Å². The molecule has 3 rings (SSSR count). The molecule has 0 unspecified atom stereocenters. The lowest BCUT2D eigenvalue weighted by Gasteiger charge is -2.00. The van der Waals surface area contributed by atoms with E-state index in [1.165, 1.54) is 0 Å². The standard InChI is InChI=1S/C13H10IN5O/c1-7-16-5-4-11(17-7)12-18-13(20-19-12)9-6-8(14)2-3-10(9)15/h2-6H,15H2,1H3. The van der Waals surface area contributed by atoms with Crippen molar-refractivity contribution in [3.05, 3.63) is 39.9 Å². The maximum absolute atomic E-state index is 5.94. The number of hydrogen-bond donors (Lipinski definition) is 1. The third-order valence-electron chi connectivity index (χ3n) is 2.68. The first kappa shape index (κ1) is 13.0. The topological polar surface area (TPSA) is 90.7 Å². The van der Waals surface area contributed by atoms with Crippen molar-refractivity contribution in [3.8, 4) is 23.0 Å². The lowest BCUT2D eigenvalue weighted by Crippen LogP contribution is -1.92. The summed E-state index contributed by atoms with van der Waals surface area (Å²) in [5.41, 5.74) is 7.88. The van der Waals surface area contributed by atoms with Crippen LogP contribution in [0.15, 0.2) is 35.0 Å². The summed E-state index contributed by atoms with van der Waals surface area (Å²) in [4.78, 5) is 12.6. The molecular formula is C13H10IN5O. The van der Waals surface area contributed by atoms with Crippen LogP contribution in [0.25, 0.3) is 23.0 Å². The van der Waals surface area contributed by atoms with E-state index in [0.717, 1.165) is 9.13 Å². The molecule has 0 fully saturated rings. The summed E-state index contributed by atoms with van der Waals surface area (Å²) in [7, 11) is 0. The van der Waals surface area contributed by atoms with Gasteiger partial charge in [0.1, 0.15) is 11.5 Å². The second-order valence-corrected chi connectivity index (χ2v) is 5.39. The molecule has 0 atom stereocenters. The van der Waals surface area contributed by atoms with Gasteiger partial charge in [0.05, 0.1) is 5.56 Å². The molecule has 0 spiro atoms. The Bertz CT molecular complexity index is 771. The molecule has 1 aromatic carbocycles. The summed E-state index contributed by atoms with van der Waals surface area (Å²) >= 11 is 2.21. The lowest BCUT2D eigenvalue weighted by molar-refractivity contribution is 0.432. The first-order valence-electron chi connectivity index (χ1n) is 5.82. The zero-order valence-electron chi connectivity index (χ0n) is 10.5. The van der Waals surface area contributed by atoms with Gasteiger partial charge in [0.15, 0.2) is 0 Å². The minimum atomic E-state index is 0.382. The summed E-state index contributed by atoms with van der Waals surface area (Å²) in [5.74, 6) is 1.46. The van der Waals surface area contributed by atoms with E-state index < -0.39 is 0 Å². The van der Waals surface area contributed by atoms with Gasteiger partial charge in [-0.25, -0.2) is 9.97 Å². The molecule has 0 aliphatic carbocycles. The normalized spacial score (nSPS) is 10.7. The number of anilines is 1. The Morgan fingerprint density at radius 1 is 1.20 bits per heavy atom. The molecule has 0 saturated carbocycles. The van der Waals surface area contributed by atoms with Crippen molar-refractivity contribution < 1.29 is 4.52 Å². The van der Waals surface area contributed by atoms with Crippen molar-refractivity contribution in [2.75, 3.05) is 5.73 Å². The van der Waals surface area contributed by atoms with Gasteiger partial charge in [-0.15, -0.1) is 0 Å². The summed E-state index contributed by atoms with van der Waals surface area (Å²) in [6.07, 6.45) is 1.66. The maximum atomic E-state index is 5.94. The second kappa shape index (κ2) is 5.16. The van der Waals surface area contributed by atoms with Crippen LogP contribution < -0.4 is 5.73 Å². The number of halogens is 1. The SMILES string of the molecule is Cc1nccc(-c2noc(-c3cc(I)ccc3N)n2)n1. The second-order valence-electron chi connectivity index (χ2n) is 4.14. The number of aromatic nitrogens is 4. The molecule has 0 amide bonds. The van der Waals surface area contributed by atoms with Gasteiger partial charge in [0.25, 0.3) is 5.89 Å². The first-order valence-corrected chi connectivity index (χ1v) is 6.90. The Kier molecular flexibility index (Phi) is 3.35. The van der Waals surface area contributed by atoms with Crippen LogP contribution in [0.2, 0.25) is 0 Å². The number of nitrogens with two attached hydrogens (primary N) is 1. The van der Waals surface area contributed by atoms with Crippen LogP contribution in [0.1, 0.15) is 5.82 Å². The molecule has 3 aromatic rings. The summed E-state index contributed by atoms with van der Waals surface area (Å²) in [6, 6.07) is 7.37. The van der Waals surface area contributed by atoms with E-state index in [9.17, 15) is 0 Å². The Labute approximate surface area is 128 Å². The average Bonchev–Trinajstić information content (AvgIpc) is 2.91. The van der Waals surface area contributed by atoms with Gasteiger partial charge in [-0.3, -0.25) is 0 Å². The Morgan fingerprint density at radius 2 is 2.05 bits per heavy atom. The van der Waals surface area contributed by atoms with Crippen molar-refractivity contribution in [1.29, 1.82) is 0 Å². The van der Waals surface area contributed by atoms with Crippen molar-refractivity contribution in [2.24, 2.45) is 0 Å². The van der Waals surface area contributed by atoms with E-state index in [1.807, 2.05) is 25.1 Å². The molecule has 0 radical (unpaired) electrons. The van der Waals surface area contributed by atoms with Crippen molar-refractivity contribution in [3.63, 3.8) is 0 Å². The van der Waals surface area contributed by atoms with Crippen molar-refractivity contribution in [2.45, 2.75) is 6.92 Å². The van der Waals surface area contributed by atoms with Gasteiger partial charge in [0.2, 0.25) is 5.82 Å². The Morgan fingerprint density at radius 3 is 2.85 bits per heavy atom. The highest BCUT2D eigenvalue weighted by Crippen LogP contribution is 2.27. The Hall–Kier alpha value is -2.03. The molecule has 0 saturated heterocycles. The molecule has 0 aliphatic heterocycles. The highest BCUT2D eigenvalue weighted by molar-refractivity contribution is 14.1. The van der Waals surface area contributed by atoms with Gasteiger partial charge in [-0.05, 0) is 53.8 Å². The summed E-state index contributed by atoms with van der Waals surface area (Å²) in [5, 5.41) is 3.94. The van der Waals surface area contributed by atoms with Gasteiger partial charge in [0, 0.05) is 15.5 Å². The van der Waals surface area contributed by atoms with Gasteiger partial charge < -0.3 is 10.3 Å². The van der Waals surface area contributed by atoms with Crippen LogP contribution >= 0.6 is 22.6 Å². The summed E-state index contributed by atoms with van der Waals surface area (Å²) < 4.78 is 6.32. The molecule has 7 heteroatoms. The van der Waals surface area contributed by atoms with Crippen LogP contribution in [0.5, 0.6) is 0 Å². The third kappa shape index (κ3) is 2.48. The van der Waals surface area contributed by atoms with E-state index in [0.29, 0.717) is 28.9 Å². The smallest absolute Gasteiger partial charge is 0.260 e. The van der Waals surface area contributed by atoms with Gasteiger partial charge in [-0.1, -0.05) is 5.16 Å². The number of hydrogen-bond acceptors (Lipinski definition) is 6.